The molecule has 0 spiro atoms. The maximum Gasteiger partial charge on any atom is 0.134 e. The van der Waals surface area contributed by atoms with Crippen molar-refractivity contribution in [3.63, 3.8) is 0 Å². The molecule has 4 heteroatoms. The number of rotatable bonds is 2. The number of benzene rings is 1. The number of fused-ring (bicyclic) bond motifs is 1. The van der Waals surface area contributed by atoms with Gasteiger partial charge in [0.25, 0.3) is 0 Å². The summed E-state index contributed by atoms with van der Waals surface area (Å²) < 4.78 is 13.7. The maximum absolute atomic E-state index is 13.7. The van der Waals surface area contributed by atoms with Gasteiger partial charge in [-0.1, -0.05) is 39.0 Å². The van der Waals surface area contributed by atoms with Crippen LogP contribution in [0.4, 0.5) is 9.39 Å². The summed E-state index contributed by atoms with van der Waals surface area (Å²) in [4.78, 5) is 5.71. The van der Waals surface area contributed by atoms with Gasteiger partial charge in [-0.3, -0.25) is 0 Å². The first-order valence-electron chi connectivity index (χ1n) is 8.23. The van der Waals surface area contributed by atoms with E-state index in [4.69, 9.17) is 0 Å². The molecule has 0 radical (unpaired) electrons. The Hall–Kier alpha value is -1.99. The molecule has 0 amide bonds. The Bertz CT molecular complexity index is 821. The number of nitrogens with zero attached hydrogens (tertiary/aromatic N) is 2. The molecule has 2 nitrogen and oxygen atoms in total. The summed E-state index contributed by atoms with van der Waals surface area (Å²) in [5, 5.41) is 10.3. The van der Waals surface area contributed by atoms with Gasteiger partial charge in [0, 0.05) is 16.7 Å². The van der Waals surface area contributed by atoms with Crippen molar-refractivity contribution in [1.29, 1.82) is 5.26 Å². The van der Waals surface area contributed by atoms with E-state index in [0.29, 0.717) is 22.0 Å². The molecule has 1 aliphatic carbocycles. The zero-order valence-electron chi connectivity index (χ0n) is 14.3. The molecule has 2 aromatic rings. The van der Waals surface area contributed by atoms with Gasteiger partial charge in [-0.15, -0.1) is 11.3 Å². The van der Waals surface area contributed by atoms with Crippen molar-refractivity contribution in [3.8, 4) is 6.07 Å². The molecule has 1 aromatic heterocycles. The van der Waals surface area contributed by atoms with E-state index >= 15 is 0 Å². The van der Waals surface area contributed by atoms with Gasteiger partial charge in [-0.05, 0) is 42.2 Å². The van der Waals surface area contributed by atoms with Crippen molar-refractivity contribution in [2.24, 2.45) is 16.3 Å². The van der Waals surface area contributed by atoms with Gasteiger partial charge in [0.1, 0.15) is 16.9 Å². The van der Waals surface area contributed by atoms with E-state index in [1.807, 2.05) is 0 Å². The molecule has 0 fully saturated rings. The first-order chi connectivity index (χ1) is 11.4. The number of aliphatic imine (C=N–C) groups is 1. The lowest BCUT2D eigenvalue weighted by atomic mass is 9.72. The summed E-state index contributed by atoms with van der Waals surface area (Å²) in [6.45, 7) is 6.83. The lowest BCUT2D eigenvalue weighted by molar-refractivity contribution is 0.218. The quantitative estimate of drug-likeness (QED) is 0.650. The molecule has 1 aromatic carbocycles. The number of nitriles is 1. The van der Waals surface area contributed by atoms with Gasteiger partial charge in [0.05, 0.1) is 5.56 Å². The van der Waals surface area contributed by atoms with Crippen LogP contribution in [0, 0.1) is 28.5 Å². The number of hydrogen-bond donors (Lipinski definition) is 0. The van der Waals surface area contributed by atoms with Crippen LogP contribution in [0.15, 0.2) is 29.3 Å². The predicted molar refractivity (Wildman–Crippen MR) is 97.7 cm³/mol. The normalized spacial score (nSPS) is 17.7. The second kappa shape index (κ2) is 6.49. The summed E-state index contributed by atoms with van der Waals surface area (Å²) in [5.74, 6) is 0.326. The Labute approximate surface area is 146 Å². The van der Waals surface area contributed by atoms with E-state index in [2.05, 4.69) is 31.8 Å². The van der Waals surface area contributed by atoms with Gasteiger partial charge in [0.2, 0.25) is 0 Å². The highest BCUT2D eigenvalue weighted by Gasteiger charge is 2.32. The van der Waals surface area contributed by atoms with Crippen molar-refractivity contribution in [1.82, 2.24) is 0 Å². The van der Waals surface area contributed by atoms with E-state index in [1.165, 1.54) is 17.2 Å². The van der Waals surface area contributed by atoms with Crippen molar-refractivity contribution in [2.75, 3.05) is 0 Å². The monoisotopic (exact) mass is 340 g/mol. The summed E-state index contributed by atoms with van der Waals surface area (Å²) in [5.41, 5.74) is 2.55. The van der Waals surface area contributed by atoms with Gasteiger partial charge in [-0.2, -0.15) is 5.26 Å². The third-order valence-electron chi connectivity index (χ3n) is 4.81. The standard InChI is InChI=1S/C20H21FN2S/c1-20(2,3)14-8-9-15-16(11-22)19(24-18(15)10-14)23-12-13-6-4-5-7-17(13)21/h4-7,12,14H,8-10H2,1-3H3/t14-/m0/s1. The minimum atomic E-state index is -0.297. The average Bonchev–Trinajstić information content (AvgIpc) is 2.89. The van der Waals surface area contributed by atoms with Crippen molar-refractivity contribution in [3.05, 3.63) is 51.7 Å². The third-order valence-corrected chi connectivity index (χ3v) is 5.97. The van der Waals surface area contributed by atoms with Crippen molar-refractivity contribution in [2.45, 2.75) is 40.0 Å². The van der Waals surface area contributed by atoms with Gasteiger partial charge >= 0.3 is 0 Å². The Kier molecular flexibility index (Phi) is 4.56. The topological polar surface area (TPSA) is 36.1 Å². The first kappa shape index (κ1) is 16.9. The number of halogens is 1. The second-order valence-corrected chi connectivity index (χ2v) is 8.46. The highest BCUT2D eigenvalue weighted by atomic mass is 32.1. The molecule has 1 heterocycles. The lowest BCUT2D eigenvalue weighted by Crippen LogP contribution is -2.26. The maximum atomic E-state index is 13.7. The van der Waals surface area contributed by atoms with E-state index < -0.39 is 0 Å². The molecule has 1 aliphatic rings. The molecule has 0 aliphatic heterocycles. The summed E-state index contributed by atoms with van der Waals surface area (Å²) in [6.07, 6.45) is 4.58. The molecule has 0 saturated heterocycles. The fraction of sp³-hybridized carbons (Fsp3) is 0.400. The largest absolute Gasteiger partial charge is 0.244 e. The van der Waals surface area contributed by atoms with Crippen molar-refractivity contribution >= 4 is 22.6 Å². The number of hydrogen-bond acceptors (Lipinski definition) is 3. The molecule has 0 bridgehead atoms. The van der Waals surface area contributed by atoms with Gasteiger partial charge < -0.3 is 0 Å². The highest BCUT2D eigenvalue weighted by Crippen LogP contribution is 2.44. The van der Waals surface area contributed by atoms with Crippen LogP contribution >= 0.6 is 11.3 Å². The highest BCUT2D eigenvalue weighted by molar-refractivity contribution is 7.16. The van der Waals surface area contributed by atoms with Crippen LogP contribution in [-0.4, -0.2) is 6.21 Å². The zero-order valence-corrected chi connectivity index (χ0v) is 15.1. The molecule has 124 valence electrons. The Morgan fingerprint density at radius 2 is 2.08 bits per heavy atom. The molecular formula is C20H21FN2S. The van der Waals surface area contributed by atoms with Crippen LogP contribution in [0.1, 0.15) is 48.8 Å². The Balaban J connectivity index is 1.93. The molecule has 3 rings (SSSR count). The van der Waals surface area contributed by atoms with Gasteiger partial charge in [-0.25, -0.2) is 9.38 Å². The van der Waals surface area contributed by atoms with E-state index in [0.717, 1.165) is 24.8 Å². The van der Waals surface area contributed by atoms with Crippen LogP contribution in [-0.2, 0) is 12.8 Å². The summed E-state index contributed by atoms with van der Waals surface area (Å²) in [7, 11) is 0. The number of thiophene rings is 1. The zero-order chi connectivity index (χ0) is 17.3. The molecular weight excluding hydrogens is 319 g/mol. The fourth-order valence-corrected chi connectivity index (χ4v) is 4.45. The molecule has 1 atom stereocenters. The Morgan fingerprint density at radius 3 is 2.75 bits per heavy atom. The summed E-state index contributed by atoms with van der Waals surface area (Å²) >= 11 is 1.59. The minimum Gasteiger partial charge on any atom is -0.244 e. The Morgan fingerprint density at radius 1 is 1.33 bits per heavy atom. The summed E-state index contributed by atoms with van der Waals surface area (Å²) in [6, 6.07) is 8.85. The van der Waals surface area contributed by atoms with Crippen molar-refractivity contribution < 1.29 is 4.39 Å². The minimum absolute atomic E-state index is 0.269. The molecule has 0 N–H and O–H groups in total. The predicted octanol–water partition coefficient (Wildman–Crippen LogP) is 5.66. The average molecular weight is 340 g/mol. The van der Waals surface area contributed by atoms with Crippen LogP contribution in [0.3, 0.4) is 0 Å². The lowest BCUT2D eigenvalue weighted by Gasteiger charge is -2.33. The molecule has 0 unspecified atom stereocenters. The second-order valence-electron chi connectivity index (χ2n) is 7.38. The van der Waals surface area contributed by atoms with Crippen LogP contribution in [0.25, 0.3) is 0 Å². The van der Waals surface area contributed by atoms with E-state index in [-0.39, 0.29) is 11.2 Å². The fourth-order valence-electron chi connectivity index (χ4n) is 3.22. The molecule has 0 saturated carbocycles. The first-order valence-corrected chi connectivity index (χ1v) is 9.05. The van der Waals surface area contributed by atoms with Gasteiger partial charge in [0.15, 0.2) is 0 Å². The van der Waals surface area contributed by atoms with E-state index in [1.54, 1.807) is 29.5 Å². The van der Waals surface area contributed by atoms with Crippen LogP contribution in [0.2, 0.25) is 0 Å². The van der Waals surface area contributed by atoms with Crippen LogP contribution in [0.5, 0.6) is 0 Å². The third kappa shape index (κ3) is 3.27. The molecule has 24 heavy (non-hydrogen) atoms. The van der Waals surface area contributed by atoms with Crippen LogP contribution < -0.4 is 0 Å². The van der Waals surface area contributed by atoms with E-state index in [9.17, 15) is 9.65 Å². The SMILES string of the molecule is CC(C)(C)[C@H]1CCc2c(sc(N=Cc3ccccc3F)c2C#N)C1. The smallest absolute Gasteiger partial charge is 0.134 e.